The lowest BCUT2D eigenvalue weighted by atomic mass is 10.1. The number of carbonyl (C=O) groups excluding carboxylic acids is 1. The van der Waals surface area contributed by atoms with Crippen molar-refractivity contribution in [2.24, 2.45) is 0 Å². The first-order chi connectivity index (χ1) is 12.4. The molecule has 3 aromatic rings. The Bertz CT molecular complexity index is 986. The zero-order valence-corrected chi connectivity index (χ0v) is 16.3. The summed E-state index contributed by atoms with van der Waals surface area (Å²) in [6.45, 7) is 2.17. The molecule has 0 saturated heterocycles. The van der Waals surface area contributed by atoms with Crippen LogP contribution >= 0.6 is 15.9 Å². The highest BCUT2D eigenvalue weighted by Gasteiger charge is 2.18. The van der Waals surface area contributed by atoms with Gasteiger partial charge in [0.25, 0.3) is 5.91 Å². The third kappa shape index (κ3) is 3.70. The number of carbonyl (C=O) groups is 1. The molecule has 0 N–H and O–H groups in total. The first kappa shape index (κ1) is 18.3. The van der Waals surface area contributed by atoms with Crippen LogP contribution in [0.5, 0.6) is 5.75 Å². The fourth-order valence-corrected chi connectivity index (χ4v) is 3.32. The Morgan fingerprint density at radius 2 is 2.00 bits per heavy atom. The Morgan fingerprint density at radius 1 is 1.23 bits per heavy atom. The van der Waals surface area contributed by atoms with Gasteiger partial charge in [0.15, 0.2) is 0 Å². The molecule has 0 fully saturated rings. The molecule has 3 rings (SSSR count). The Labute approximate surface area is 159 Å². The molecule has 26 heavy (non-hydrogen) atoms. The van der Waals surface area contributed by atoms with Crippen molar-refractivity contribution in [1.82, 2.24) is 9.88 Å². The van der Waals surface area contributed by atoms with Gasteiger partial charge in [-0.3, -0.25) is 9.78 Å². The fourth-order valence-electron chi connectivity index (χ4n) is 2.91. The van der Waals surface area contributed by atoms with Crippen LogP contribution in [0, 0.1) is 12.7 Å². The van der Waals surface area contributed by atoms with Crippen molar-refractivity contribution in [3.05, 3.63) is 69.6 Å². The molecule has 0 spiro atoms. The quantitative estimate of drug-likeness (QED) is 0.617. The van der Waals surface area contributed by atoms with Crippen molar-refractivity contribution in [2.45, 2.75) is 13.5 Å². The second-order valence-electron chi connectivity index (χ2n) is 6.09. The molecule has 1 heterocycles. The third-order valence-corrected chi connectivity index (χ3v) is 4.62. The Hall–Kier alpha value is -2.47. The van der Waals surface area contributed by atoms with E-state index in [9.17, 15) is 9.18 Å². The highest BCUT2D eigenvalue weighted by molar-refractivity contribution is 9.10. The predicted octanol–water partition coefficient (Wildman–Crippen LogP) is 4.73. The second-order valence-corrected chi connectivity index (χ2v) is 7.01. The molecule has 1 aromatic heterocycles. The second kappa shape index (κ2) is 7.41. The normalized spacial score (nSPS) is 10.8. The van der Waals surface area contributed by atoms with Crippen molar-refractivity contribution >= 4 is 32.7 Å². The van der Waals surface area contributed by atoms with E-state index in [1.165, 1.54) is 12.1 Å². The highest BCUT2D eigenvalue weighted by Crippen LogP contribution is 2.26. The van der Waals surface area contributed by atoms with Gasteiger partial charge in [0.05, 0.1) is 18.2 Å². The Morgan fingerprint density at radius 3 is 2.73 bits per heavy atom. The van der Waals surface area contributed by atoms with Gasteiger partial charge in [-0.05, 0) is 43.3 Å². The van der Waals surface area contributed by atoms with Crippen LogP contribution in [-0.4, -0.2) is 29.9 Å². The molecule has 0 atom stereocenters. The summed E-state index contributed by atoms with van der Waals surface area (Å²) in [5, 5.41) is 0.634. The van der Waals surface area contributed by atoms with Crippen LogP contribution in [0.2, 0.25) is 0 Å². The van der Waals surface area contributed by atoms with Gasteiger partial charge < -0.3 is 9.64 Å². The summed E-state index contributed by atoms with van der Waals surface area (Å²) >= 11 is 3.44. The van der Waals surface area contributed by atoms with E-state index in [0.29, 0.717) is 34.5 Å². The molecule has 0 unspecified atom stereocenters. The van der Waals surface area contributed by atoms with Crippen molar-refractivity contribution in [2.75, 3.05) is 14.2 Å². The third-order valence-electron chi connectivity index (χ3n) is 4.13. The van der Waals surface area contributed by atoms with Crippen LogP contribution < -0.4 is 4.74 Å². The molecule has 0 saturated carbocycles. The fraction of sp³-hybridized carbons (Fsp3) is 0.200. The van der Waals surface area contributed by atoms with E-state index >= 15 is 0 Å². The van der Waals surface area contributed by atoms with Crippen LogP contribution in [0.15, 0.2) is 46.9 Å². The number of nitrogens with zero attached hydrogens (tertiary/aromatic N) is 2. The van der Waals surface area contributed by atoms with Gasteiger partial charge >= 0.3 is 0 Å². The molecule has 4 nitrogen and oxygen atoms in total. The van der Waals surface area contributed by atoms with Crippen molar-refractivity contribution in [3.63, 3.8) is 0 Å². The number of rotatable bonds is 4. The summed E-state index contributed by atoms with van der Waals surface area (Å²) < 4.78 is 19.8. The van der Waals surface area contributed by atoms with E-state index in [1.54, 1.807) is 38.1 Å². The number of ether oxygens (including phenoxy) is 1. The summed E-state index contributed by atoms with van der Waals surface area (Å²) in [6.07, 6.45) is 0. The number of aryl methyl sites for hydroxylation is 1. The van der Waals surface area contributed by atoms with Gasteiger partial charge in [-0.1, -0.05) is 15.9 Å². The lowest BCUT2D eigenvalue weighted by Gasteiger charge is -2.20. The van der Waals surface area contributed by atoms with Crippen LogP contribution in [0.1, 0.15) is 21.6 Å². The van der Waals surface area contributed by atoms with Gasteiger partial charge in [0, 0.05) is 40.8 Å². The van der Waals surface area contributed by atoms with Crippen molar-refractivity contribution < 1.29 is 13.9 Å². The van der Waals surface area contributed by atoms with Gasteiger partial charge in [-0.2, -0.15) is 0 Å². The highest BCUT2D eigenvalue weighted by atomic mass is 79.9. The number of amides is 1. The minimum Gasteiger partial charge on any atom is -0.496 e. The van der Waals surface area contributed by atoms with Gasteiger partial charge in [0.1, 0.15) is 11.6 Å². The van der Waals surface area contributed by atoms with Gasteiger partial charge in [0.2, 0.25) is 0 Å². The predicted molar refractivity (Wildman–Crippen MR) is 103 cm³/mol. The monoisotopic (exact) mass is 416 g/mol. The maximum Gasteiger partial charge on any atom is 0.254 e. The van der Waals surface area contributed by atoms with E-state index < -0.39 is 0 Å². The van der Waals surface area contributed by atoms with E-state index in [1.807, 2.05) is 18.2 Å². The largest absolute Gasteiger partial charge is 0.496 e. The standard InChI is InChI=1S/C20H18BrFN2O2/c1-12-8-17(16-6-5-15(22)10-18(16)23-12)20(25)24(2)11-13-9-14(21)4-7-19(13)26-3/h4-10H,11H2,1-3H3. The smallest absolute Gasteiger partial charge is 0.254 e. The Kier molecular flexibility index (Phi) is 5.23. The molecule has 6 heteroatoms. The number of aromatic nitrogens is 1. The minimum atomic E-state index is -0.374. The number of methoxy groups -OCH3 is 1. The molecule has 134 valence electrons. The van der Waals surface area contributed by atoms with Crippen LogP contribution in [-0.2, 0) is 6.54 Å². The first-order valence-corrected chi connectivity index (χ1v) is 8.83. The van der Waals surface area contributed by atoms with Crippen LogP contribution in [0.4, 0.5) is 4.39 Å². The maximum atomic E-state index is 13.5. The molecular formula is C20H18BrFN2O2. The first-order valence-electron chi connectivity index (χ1n) is 8.04. The van der Waals surface area contributed by atoms with Crippen LogP contribution in [0.25, 0.3) is 10.9 Å². The molecular weight excluding hydrogens is 399 g/mol. The van der Waals surface area contributed by atoms with E-state index in [2.05, 4.69) is 20.9 Å². The summed E-state index contributed by atoms with van der Waals surface area (Å²) in [4.78, 5) is 19.0. The number of benzene rings is 2. The molecule has 2 aromatic carbocycles. The van der Waals surface area contributed by atoms with E-state index in [-0.39, 0.29) is 11.7 Å². The SMILES string of the molecule is COc1ccc(Br)cc1CN(C)C(=O)c1cc(C)nc2cc(F)ccc12. The average Bonchev–Trinajstić information content (AvgIpc) is 2.60. The number of halogens is 2. The zero-order chi connectivity index (χ0) is 18.8. The van der Waals surface area contributed by atoms with Gasteiger partial charge in [-0.25, -0.2) is 4.39 Å². The number of fused-ring (bicyclic) bond motifs is 1. The number of pyridine rings is 1. The van der Waals surface area contributed by atoms with E-state index in [0.717, 1.165) is 10.0 Å². The average molecular weight is 417 g/mol. The lowest BCUT2D eigenvalue weighted by Crippen LogP contribution is -2.27. The Balaban J connectivity index is 1.97. The maximum absolute atomic E-state index is 13.5. The summed E-state index contributed by atoms with van der Waals surface area (Å²) in [7, 11) is 3.33. The number of hydrogen-bond donors (Lipinski definition) is 0. The van der Waals surface area contributed by atoms with Crippen molar-refractivity contribution in [1.29, 1.82) is 0 Å². The molecule has 0 radical (unpaired) electrons. The summed E-state index contributed by atoms with van der Waals surface area (Å²) in [5.41, 5.74) is 2.53. The topological polar surface area (TPSA) is 42.4 Å². The molecule has 1 amide bonds. The van der Waals surface area contributed by atoms with E-state index in [4.69, 9.17) is 4.74 Å². The zero-order valence-electron chi connectivity index (χ0n) is 14.7. The van der Waals surface area contributed by atoms with Gasteiger partial charge in [-0.15, -0.1) is 0 Å². The van der Waals surface area contributed by atoms with Crippen LogP contribution in [0.3, 0.4) is 0 Å². The number of hydrogen-bond acceptors (Lipinski definition) is 3. The molecule has 0 aliphatic rings. The van der Waals surface area contributed by atoms with Crippen molar-refractivity contribution in [3.8, 4) is 5.75 Å². The molecule has 0 aliphatic carbocycles. The lowest BCUT2D eigenvalue weighted by molar-refractivity contribution is 0.0786. The summed E-state index contributed by atoms with van der Waals surface area (Å²) in [6, 6.07) is 11.7. The summed E-state index contributed by atoms with van der Waals surface area (Å²) in [5.74, 6) is 0.182. The minimum absolute atomic E-state index is 0.158. The molecule has 0 aliphatic heterocycles. The molecule has 0 bridgehead atoms.